The third-order valence-electron chi connectivity index (χ3n) is 6.68. The van der Waals surface area contributed by atoms with E-state index in [1.165, 1.54) is 0 Å². The van der Waals surface area contributed by atoms with Crippen molar-refractivity contribution in [1.29, 1.82) is 0 Å². The second-order valence-corrected chi connectivity index (χ2v) is 10.1. The summed E-state index contributed by atoms with van der Waals surface area (Å²) < 4.78 is 0. The van der Waals surface area contributed by atoms with Crippen LogP contribution in [0.1, 0.15) is 0 Å². The average molecular weight is 861 g/mol. The molecule has 0 radical (unpaired) electrons. The van der Waals surface area contributed by atoms with Crippen molar-refractivity contribution in [3.63, 3.8) is 0 Å². The van der Waals surface area contributed by atoms with E-state index in [0.717, 1.165) is 21.1 Å². The highest BCUT2D eigenvalue weighted by Gasteiger charge is 2.39. The Morgan fingerprint density at radius 2 is 0.417 bits per heavy atom. The largest absolute Gasteiger partial charge is 0.312 e. The number of anilines is 3. The highest BCUT2D eigenvalue weighted by molar-refractivity contribution is 5.78. The molecule has 0 aliphatic rings. The molecular weight excluding hydrogens is 846 g/mol. The predicted molar refractivity (Wildman–Crippen MR) is 185 cm³/mol. The average Bonchev–Trinajstić information content (AvgIpc) is 3.15. The fourth-order valence-corrected chi connectivity index (χ4v) is 4.16. The van der Waals surface area contributed by atoms with Gasteiger partial charge in [0.1, 0.15) is 0 Å². The number of benzene rings is 3. The first-order valence-corrected chi connectivity index (χ1v) is 14.0. The van der Waals surface area contributed by atoms with Crippen LogP contribution in [0.15, 0.2) is 36.4 Å². The first-order valence-electron chi connectivity index (χ1n) is 14.0. The van der Waals surface area contributed by atoms with Crippen LogP contribution in [-0.4, -0.2) is 80.5 Å². The Morgan fingerprint density at radius 3 is 0.500 bits per heavy atom. The Labute approximate surface area is 322 Å². The van der Waals surface area contributed by atoms with E-state index in [1.54, 1.807) is 0 Å². The molecule has 0 fully saturated rings. The first-order chi connectivity index (χ1) is 27.5. The molecule has 39 nitrogen and oxygen atoms in total. The lowest BCUT2D eigenvalue weighted by Gasteiger charge is -2.08. The summed E-state index contributed by atoms with van der Waals surface area (Å²) in [7, 11) is 2.25. The van der Waals surface area contributed by atoms with E-state index in [4.69, 9.17) is 0 Å². The van der Waals surface area contributed by atoms with Gasteiger partial charge >= 0.3 is 34.1 Å². The number of nitrogens with zero attached hydrogens (tertiary/aromatic N) is 15. The molecule has 0 unspecified atom stereocenters. The quantitative estimate of drug-likeness (QED) is 0.156. The Bertz CT molecular complexity index is 2040. The molecule has 3 rings (SSSR count). The van der Waals surface area contributed by atoms with Crippen LogP contribution in [0.25, 0.3) is 0 Å². The summed E-state index contributed by atoms with van der Waals surface area (Å²) in [6.45, 7) is 0. The van der Waals surface area contributed by atoms with Crippen LogP contribution in [0.3, 0.4) is 0 Å². The van der Waals surface area contributed by atoms with Gasteiger partial charge in [-0.1, -0.05) is 15.0 Å². The Balaban J connectivity index is 0.000000450. The maximum atomic E-state index is 10.8. The van der Waals surface area contributed by atoms with Crippen molar-refractivity contribution in [1.82, 2.24) is 0 Å². The molecule has 60 heavy (non-hydrogen) atoms. The molecule has 318 valence electrons. The second-order valence-electron chi connectivity index (χ2n) is 10.1. The topological polar surface area (TPSA) is 527 Å². The summed E-state index contributed by atoms with van der Waals surface area (Å²) >= 11 is 0. The van der Waals surface area contributed by atoms with Gasteiger partial charge in [0.2, 0.25) is 0 Å². The fourth-order valence-electron chi connectivity index (χ4n) is 4.16. The minimum atomic E-state index is -1.17. The minimum Gasteiger partial charge on any atom is -0.258 e. The molecule has 0 aliphatic carbocycles. The summed E-state index contributed by atoms with van der Waals surface area (Å²) in [6.07, 6.45) is 0. The molecule has 0 atom stereocenters. The number of hydrogen-bond acceptors (Lipinski definition) is 24. The Kier molecular flexibility index (Phi) is 15.1. The molecule has 0 N–H and O–H groups in total. The van der Waals surface area contributed by atoms with Crippen molar-refractivity contribution in [2.75, 3.05) is 36.2 Å². The lowest BCUT2D eigenvalue weighted by molar-refractivity contribution is -0.493. The van der Waals surface area contributed by atoms with Gasteiger partial charge in [-0.05, 0) is 0 Å². The second kappa shape index (κ2) is 18.9. The van der Waals surface area contributed by atoms with E-state index in [9.17, 15) is 121 Å². The van der Waals surface area contributed by atoms with Gasteiger partial charge < -0.3 is 0 Å². The van der Waals surface area contributed by atoms with Crippen LogP contribution in [-0.2, 0) is 0 Å². The van der Waals surface area contributed by atoms with Crippen LogP contribution >= 0.6 is 0 Å². The molecule has 3 aromatic carbocycles. The molecule has 0 aromatic heterocycles. The maximum absolute atomic E-state index is 10.8. The van der Waals surface area contributed by atoms with Gasteiger partial charge in [-0.3, -0.25) is 91.0 Å². The molecule has 0 saturated carbocycles. The number of rotatable bonds is 15. The molecule has 39 heteroatoms. The van der Waals surface area contributed by atoms with E-state index in [-0.39, 0.29) is 15.0 Å². The van der Waals surface area contributed by atoms with Crippen LogP contribution < -0.4 is 15.0 Å². The number of nitro groups is 12. The maximum Gasteiger partial charge on any atom is 0.312 e. The highest BCUT2D eigenvalue weighted by Crippen LogP contribution is 2.42. The van der Waals surface area contributed by atoms with E-state index >= 15 is 0 Å². The number of nitro benzene ring substituents is 9. The zero-order chi connectivity index (χ0) is 46.8. The first kappa shape index (κ1) is 47.9. The third-order valence-corrected chi connectivity index (χ3v) is 6.68. The van der Waals surface area contributed by atoms with Crippen LogP contribution in [0.5, 0.6) is 0 Å². The van der Waals surface area contributed by atoms with Crippen molar-refractivity contribution in [3.8, 4) is 0 Å². The number of hydrogen-bond donors (Lipinski definition) is 0. The minimum absolute atomic E-state index is 0.0555. The van der Waals surface area contributed by atoms with Gasteiger partial charge in [-0.25, -0.2) is 30.3 Å². The summed E-state index contributed by atoms with van der Waals surface area (Å²) in [5, 5.41) is 125. The van der Waals surface area contributed by atoms with Crippen LogP contribution in [0, 0.1) is 121 Å². The lowest BCUT2D eigenvalue weighted by atomic mass is 10.2. The van der Waals surface area contributed by atoms with E-state index < -0.39 is 128 Å². The lowest BCUT2D eigenvalue weighted by Crippen LogP contribution is -2.26. The monoisotopic (exact) mass is 861 g/mol. The summed E-state index contributed by atoms with van der Waals surface area (Å²) in [4.78, 5) is 118. The molecule has 3 aromatic rings. The molecule has 0 saturated heterocycles. The highest BCUT2D eigenvalue weighted by atomic mass is 16.7. The zero-order valence-corrected chi connectivity index (χ0v) is 29.0. The van der Waals surface area contributed by atoms with Crippen molar-refractivity contribution in [3.05, 3.63) is 158 Å². The standard InChI is InChI=1S/3C7H5N5O8/c3*1-8(12(19)20)7-5(10(15)16)2-4(9(13)14)3-6(7)11(17)18/h3*2-3H,1H3. The predicted octanol–water partition coefficient (Wildman–Crippen LogP) is 3.12. The van der Waals surface area contributed by atoms with Crippen molar-refractivity contribution in [2.45, 2.75) is 0 Å². The third kappa shape index (κ3) is 11.0. The molecule has 0 aliphatic heterocycles. The molecule has 0 bridgehead atoms. The Hall–Kier alpha value is -10.1. The zero-order valence-electron chi connectivity index (χ0n) is 29.0. The molecule has 0 amide bonds. The molecule has 0 heterocycles. The smallest absolute Gasteiger partial charge is 0.258 e. The number of non-ortho nitro benzene ring substituents is 3. The summed E-state index contributed by atoms with van der Waals surface area (Å²) in [5.41, 5.74) is -12.2. The van der Waals surface area contributed by atoms with Gasteiger partial charge in [-0.2, -0.15) is 0 Å². The van der Waals surface area contributed by atoms with Crippen molar-refractivity contribution in [2.24, 2.45) is 0 Å². The number of hydrazine groups is 3. The fraction of sp³-hybridized carbons (Fsp3) is 0.143. The van der Waals surface area contributed by atoms with Crippen LogP contribution in [0.2, 0.25) is 0 Å². The van der Waals surface area contributed by atoms with Gasteiger partial charge in [0.25, 0.3) is 34.1 Å². The molecule has 0 spiro atoms. The van der Waals surface area contributed by atoms with E-state index in [2.05, 4.69) is 0 Å². The van der Waals surface area contributed by atoms with Gasteiger partial charge in [0.05, 0.1) is 102 Å². The molecular formula is C21H15N15O24. The van der Waals surface area contributed by atoms with E-state index in [0.29, 0.717) is 36.4 Å². The van der Waals surface area contributed by atoms with Crippen molar-refractivity contribution < 1.29 is 59.4 Å². The van der Waals surface area contributed by atoms with Crippen LogP contribution in [0.4, 0.5) is 68.2 Å². The van der Waals surface area contributed by atoms with Crippen molar-refractivity contribution >= 4 is 68.2 Å². The SMILES string of the molecule is CN(c1c([N+](=O)[O-])cc([N+](=O)[O-])cc1[N+](=O)[O-])[N+](=O)[O-].CN(c1c([N+](=O)[O-])cc([N+](=O)[O-])cc1[N+](=O)[O-])[N+](=O)[O-].CN(c1c([N+](=O)[O-])cc([N+](=O)[O-])cc1[N+](=O)[O-])[N+](=O)[O-]. The summed E-state index contributed by atoms with van der Waals surface area (Å²) in [5.74, 6) is 0. The van der Waals surface area contributed by atoms with Gasteiger partial charge in [0, 0.05) is 0 Å². The summed E-state index contributed by atoms with van der Waals surface area (Å²) in [6, 6.07) is 2.51. The van der Waals surface area contributed by atoms with Gasteiger partial charge in [0.15, 0.2) is 15.1 Å². The normalized spacial score (nSPS) is 9.85. The van der Waals surface area contributed by atoms with E-state index in [1.807, 2.05) is 0 Å². The Morgan fingerprint density at radius 1 is 0.283 bits per heavy atom. The van der Waals surface area contributed by atoms with Gasteiger partial charge in [-0.15, -0.1) is 0 Å².